The Morgan fingerprint density at radius 2 is 0.826 bits per heavy atom. The van der Waals surface area contributed by atoms with Gasteiger partial charge in [-0.15, -0.1) is 0 Å². The molecule has 0 aromatic rings. The topological polar surface area (TPSA) is 24.7 Å². The molecule has 4 heteroatoms. The smallest absolute Gasteiger partial charge is 0.0634 e. The summed E-state index contributed by atoms with van der Waals surface area (Å²) in [6, 6.07) is 0. The normalized spacial score (nSPS) is 10.8. The molecule has 0 rings (SSSR count). The van der Waals surface area contributed by atoms with Crippen LogP contribution in [0.25, 0.3) is 0 Å². The Hall–Kier alpha value is -0.920. The molecule has 2 nitrogen and oxygen atoms in total. The third-order valence-corrected chi connectivity index (χ3v) is 3.92. The summed E-state index contributed by atoms with van der Waals surface area (Å²) in [5, 5.41) is 4.67. The van der Waals surface area contributed by atoms with E-state index in [1.807, 2.05) is 0 Å². The van der Waals surface area contributed by atoms with Crippen LogP contribution in [0.15, 0.2) is 34.5 Å². The van der Waals surface area contributed by atoms with Crippen molar-refractivity contribution in [3.63, 3.8) is 0 Å². The van der Waals surface area contributed by atoms with E-state index in [2.05, 4.69) is 56.9 Å². The Morgan fingerprint density at radius 3 is 1.13 bits per heavy atom. The Kier molecular flexibility index (Phi) is 20.2. The number of hydrogen-bond acceptors (Lipinski definition) is 4. The average molecular weight is 351 g/mol. The summed E-state index contributed by atoms with van der Waals surface area (Å²) in [7, 11) is 0. The van der Waals surface area contributed by atoms with Crippen LogP contribution in [0.5, 0.6) is 0 Å². The molecule has 0 aliphatic rings. The molecule has 23 heavy (non-hydrogen) atoms. The number of allylic oxidation sites excluding steroid dienone is 2. The molecule has 128 valence electrons. The van der Waals surface area contributed by atoms with Crippen LogP contribution in [0.1, 0.15) is 83.5 Å². The summed E-state index contributed by atoms with van der Waals surface area (Å²) in [6.07, 6.45) is 24.7. The zero-order valence-corrected chi connectivity index (χ0v) is 15.8. The van der Waals surface area contributed by atoms with E-state index in [1.54, 1.807) is 12.4 Å². The molecule has 0 spiro atoms. The monoisotopic (exact) mass is 350 g/mol. The van der Waals surface area contributed by atoms with Crippen molar-refractivity contribution in [2.45, 2.75) is 83.5 Å². The van der Waals surface area contributed by atoms with Crippen LogP contribution >= 0.6 is 24.4 Å². The van der Waals surface area contributed by atoms with Crippen LogP contribution in [-0.2, 0) is 0 Å². The summed E-state index contributed by atoms with van der Waals surface area (Å²) in [5.74, 6) is 0. The van der Waals surface area contributed by atoms with E-state index in [4.69, 9.17) is 0 Å². The van der Waals surface area contributed by atoms with E-state index in [0.29, 0.717) is 0 Å². The van der Waals surface area contributed by atoms with Gasteiger partial charge in [-0.3, -0.25) is 0 Å². The van der Waals surface area contributed by atoms with Gasteiger partial charge in [0.15, 0.2) is 0 Å². The molecule has 0 fully saturated rings. The first kappa shape index (κ1) is 22.1. The van der Waals surface area contributed by atoms with E-state index in [1.165, 1.54) is 70.6 Å². The molecule has 0 saturated heterocycles. The van der Waals surface area contributed by atoms with E-state index in [-0.39, 0.29) is 0 Å². The first-order chi connectivity index (χ1) is 11.4. The van der Waals surface area contributed by atoms with Crippen molar-refractivity contribution in [3.8, 4) is 0 Å². The van der Waals surface area contributed by atoms with Crippen LogP contribution in [0.4, 0.5) is 0 Å². The van der Waals surface area contributed by atoms with Gasteiger partial charge in [-0.05, 0) is 50.1 Å². The van der Waals surface area contributed by atoms with Gasteiger partial charge in [0.2, 0.25) is 0 Å². The maximum atomic E-state index is 4.49. The number of hydrogen-bond donors (Lipinski definition) is 0. The summed E-state index contributed by atoms with van der Waals surface area (Å²) >= 11 is 8.98. The second-order valence-corrected chi connectivity index (χ2v) is 6.04. The molecule has 0 unspecified atom stereocenters. The Balaban J connectivity index is 3.10. The first-order valence-corrected chi connectivity index (χ1v) is 9.67. The molecular weight excluding hydrogens is 320 g/mol. The van der Waals surface area contributed by atoms with Crippen LogP contribution in [0.2, 0.25) is 0 Å². The molecule has 0 aliphatic carbocycles. The number of aliphatic imine (C=N–C) groups is 2. The summed E-state index contributed by atoms with van der Waals surface area (Å²) < 4.78 is 0. The highest BCUT2D eigenvalue weighted by Crippen LogP contribution is 2.12. The number of isothiocyanates is 2. The first-order valence-electron chi connectivity index (χ1n) is 8.86. The predicted octanol–water partition coefficient (Wildman–Crippen LogP) is 7.29. The summed E-state index contributed by atoms with van der Waals surface area (Å²) in [6.45, 7) is 0. The quantitative estimate of drug-likeness (QED) is 0.166. The van der Waals surface area contributed by atoms with Crippen molar-refractivity contribution in [2.75, 3.05) is 0 Å². The van der Waals surface area contributed by atoms with E-state index in [0.717, 1.165) is 12.8 Å². The highest BCUT2D eigenvalue weighted by atomic mass is 32.1. The van der Waals surface area contributed by atoms with Gasteiger partial charge >= 0.3 is 0 Å². The van der Waals surface area contributed by atoms with Gasteiger partial charge in [0.25, 0.3) is 0 Å². The molecule has 0 N–H and O–H groups in total. The van der Waals surface area contributed by atoms with Gasteiger partial charge in [-0.25, -0.2) is 9.98 Å². The van der Waals surface area contributed by atoms with Crippen molar-refractivity contribution in [3.05, 3.63) is 24.6 Å². The molecule has 0 atom stereocenters. The zero-order valence-electron chi connectivity index (χ0n) is 14.2. The third kappa shape index (κ3) is 21.1. The van der Waals surface area contributed by atoms with E-state index in [9.17, 15) is 0 Å². The Labute approximate surface area is 152 Å². The van der Waals surface area contributed by atoms with Crippen molar-refractivity contribution >= 4 is 34.8 Å². The van der Waals surface area contributed by atoms with Gasteiger partial charge < -0.3 is 0 Å². The summed E-state index contributed by atoms with van der Waals surface area (Å²) in [5.41, 5.74) is 0. The van der Waals surface area contributed by atoms with Crippen molar-refractivity contribution in [1.29, 1.82) is 0 Å². The minimum atomic E-state index is 1.10. The summed E-state index contributed by atoms with van der Waals surface area (Å²) in [4.78, 5) is 7.51. The van der Waals surface area contributed by atoms with Gasteiger partial charge in [0.1, 0.15) is 0 Å². The number of unbranched alkanes of at least 4 members (excludes halogenated alkanes) is 12. The van der Waals surface area contributed by atoms with E-state index < -0.39 is 0 Å². The van der Waals surface area contributed by atoms with Gasteiger partial charge in [0, 0.05) is 12.4 Å². The fraction of sp³-hybridized carbons (Fsp3) is 0.684. The second-order valence-electron chi connectivity index (χ2n) is 5.68. The molecule has 0 heterocycles. The number of rotatable bonds is 16. The predicted molar refractivity (Wildman–Crippen MR) is 108 cm³/mol. The maximum absolute atomic E-state index is 4.49. The lowest BCUT2D eigenvalue weighted by Gasteiger charge is -2.02. The van der Waals surface area contributed by atoms with Gasteiger partial charge in [-0.2, -0.15) is 0 Å². The maximum Gasteiger partial charge on any atom is 0.0634 e. The fourth-order valence-corrected chi connectivity index (χ4v) is 2.55. The Bertz CT molecular complexity index is 366. The van der Waals surface area contributed by atoms with Crippen molar-refractivity contribution in [2.24, 2.45) is 9.98 Å². The lowest BCUT2D eigenvalue weighted by atomic mass is 10.0. The number of nitrogens with zero attached hydrogens (tertiary/aromatic N) is 2. The minimum absolute atomic E-state index is 1.10. The third-order valence-electron chi connectivity index (χ3n) is 3.71. The van der Waals surface area contributed by atoms with Crippen LogP contribution in [-0.4, -0.2) is 10.3 Å². The lowest BCUT2D eigenvalue weighted by molar-refractivity contribution is 0.547. The molecule has 0 saturated carbocycles. The molecular formula is C19H30N2S2. The SMILES string of the molecule is S=C=NC=CCCCCCCCCCCCCCC=CN=C=S. The zero-order chi connectivity index (χ0) is 16.8. The average Bonchev–Trinajstić information content (AvgIpc) is 2.57. The fourth-order valence-electron chi connectivity index (χ4n) is 2.43. The Morgan fingerprint density at radius 1 is 0.522 bits per heavy atom. The van der Waals surface area contributed by atoms with Crippen LogP contribution in [0.3, 0.4) is 0 Å². The van der Waals surface area contributed by atoms with E-state index >= 15 is 0 Å². The van der Waals surface area contributed by atoms with Gasteiger partial charge in [-0.1, -0.05) is 69.9 Å². The number of thiocarbonyl (C=S) groups is 2. The van der Waals surface area contributed by atoms with Crippen LogP contribution in [0, 0.1) is 0 Å². The molecule has 0 aromatic heterocycles. The van der Waals surface area contributed by atoms with Crippen molar-refractivity contribution < 1.29 is 0 Å². The standard InChI is InChI=1S/C19H30N2S2/c22-18-20-16-14-12-10-8-6-4-2-1-3-5-7-9-11-13-15-17-21-19-23/h14-17H,1-13H2. The second kappa shape index (κ2) is 21.1. The minimum Gasteiger partial charge on any atom is -0.203 e. The van der Waals surface area contributed by atoms with Crippen molar-refractivity contribution in [1.82, 2.24) is 0 Å². The largest absolute Gasteiger partial charge is 0.203 e. The molecule has 0 amide bonds. The van der Waals surface area contributed by atoms with Crippen LogP contribution < -0.4 is 0 Å². The molecule has 0 radical (unpaired) electrons. The highest BCUT2D eigenvalue weighted by molar-refractivity contribution is 7.78. The molecule has 0 aliphatic heterocycles. The lowest BCUT2D eigenvalue weighted by Crippen LogP contribution is -1.82. The molecule has 0 bridgehead atoms. The van der Waals surface area contributed by atoms with Gasteiger partial charge in [0.05, 0.1) is 10.3 Å². The molecule has 0 aromatic carbocycles. The highest BCUT2D eigenvalue weighted by Gasteiger charge is 1.93.